The molecule has 0 aromatic carbocycles. The van der Waals surface area contributed by atoms with Gasteiger partial charge in [-0.15, -0.1) is 11.3 Å². The van der Waals surface area contributed by atoms with E-state index in [1.807, 2.05) is 0 Å². The fourth-order valence-corrected chi connectivity index (χ4v) is 1.43. The van der Waals surface area contributed by atoms with E-state index in [9.17, 15) is 4.79 Å². The molecule has 0 bridgehead atoms. The van der Waals surface area contributed by atoms with Gasteiger partial charge in [-0.2, -0.15) is 0 Å². The van der Waals surface area contributed by atoms with Crippen molar-refractivity contribution in [2.24, 2.45) is 4.99 Å². The molecule has 0 amide bonds. The Morgan fingerprint density at radius 3 is 2.83 bits per heavy atom. The Balaban J connectivity index is 3.04. The fourth-order valence-electron chi connectivity index (χ4n) is 0.700. The van der Waals surface area contributed by atoms with Gasteiger partial charge in [0.25, 0.3) is 5.24 Å². The molecular formula is C6H6ClN3OS. The lowest BCUT2D eigenvalue weighted by molar-refractivity contribution is -0.106. The van der Waals surface area contributed by atoms with Crippen LogP contribution in [0.3, 0.4) is 0 Å². The van der Waals surface area contributed by atoms with E-state index in [1.165, 1.54) is 18.4 Å². The summed E-state index contributed by atoms with van der Waals surface area (Å²) in [5.41, 5.74) is 5.94. The summed E-state index contributed by atoms with van der Waals surface area (Å²) in [5.74, 6) is 0. The number of carbonyl (C=O) groups excluding carboxylic acids is 1. The molecule has 2 N–H and O–H groups in total. The van der Waals surface area contributed by atoms with Crippen LogP contribution >= 0.6 is 22.9 Å². The molecule has 4 nitrogen and oxygen atoms in total. The van der Waals surface area contributed by atoms with Crippen LogP contribution in [0, 0.1) is 0 Å². The van der Waals surface area contributed by atoms with Gasteiger partial charge in [0.2, 0.25) is 0 Å². The zero-order chi connectivity index (χ0) is 9.14. The molecule has 1 rings (SSSR count). The molecule has 0 fully saturated rings. The highest BCUT2D eigenvalue weighted by Gasteiger charge is 2.12. The van der Waals surface area contributed by atoms with E-state index in [0.717, 1.165) is 0 Å². The van der Waals surface area contributed by atoms with Gasteiger partial charge in [0.05, 0.1) is 0 Å². The second-order valence-electron chi connectivity index (χ2n) is 1.92. The normalized spacial score (nSPS) is 11.7. The van der Waals surface area contributed by atoms with E-state index in [1.54, 1.807) is 5.38 Å². The second-order valence-corrected chi connectivity index (χ2v) is 3.15. The van der Waals surface area contributed by atoms with Crippen LogP contribution in [-0.4, -0.2) is 23.0 Å². The maximum atomic E-state index is 10.7. The first-order chi connectivity index (χ1) is 5.65. The van der Waals surface area contributed by atoms with E-state index in [-0.39, 0.29) is 5.71 Å². The molecule has 0 aliphatic rings. The third-order valence-corrected chi connectivity index (χ3v) is 2.03. The van der Waals surface area contributed by atoms with E-state index >= 15 is 0 Å². The van der Waals surface area contributed by atoms with E-state index in [4.69, 9.17) is 17.3 Å². The van der Waals surface area contributed by atoms with Gasteiger partial charge in [-0.1, -0.05) is 0 Å². The number of rotatable bonds is 2. The topological polar surface area (TPSA) is 68.3 Å². The van der Waals surface area contributed by atoms with Crippen molar-refractivity contribution in [3.8, 4) is 0 Å². The van der Waals surface area contributed by atoms with Crippen molar-refractivity contribution in [3.05, 3.63) is 11.1 Å². The molecule has 0 radical (unpaired) electrons. The van der Waals surface area contributed by atoms with Crippen LogP contribution in [-0.2, 0) is 4.79 Å². The van der Waals surface area contributed by atoms with Gasteiger partial charge in [-0.05, 0) is 11.6 Å². The Hall–Kier alpha value is -0.940. The van der Waals surface area contributed by atoms with Crippen molar-refractivity contribution in [2.75, 3.05) is 12.8 Å². The first kappa shape index (κ1) is 9.15. The molecule has 0 unspecified atom stereocenters. The number of hydrogen-bond donors (Lipinski definition) is 1. The molecule has 12 heavy (non-hydrogen) atoms. The number of thiazole rings is 1. The highest BCUT2D eigenvalue weighted by atomic mass is 35.5. The minimum Gasteiger partial charge on any atom is -0.375 e. The van der Waals surface area contributed by atoms with Crippen LogP contribution in [0.2, 0.25) is 0 Å². The number of aliphatic imine (C=N–C) groups is 1. The van der Waals surface area contributed by atoms with Crippen molar-refractivity contribution in [1.29, 1.82) is 0 Å². The number of carbonyl (C=O) groups is 1. The molecule has 0 saturated heterocycles. The first-order valence-electron chi connectivity index (χ1n) is 3.03. The smallest absolute Gasteiger partial charge is 0.272 e. The zero-order valence-corrected chi connectivity index (χ0v) is 7.82. The molecule has 6 heteroatoms. The van der Waals surface area contributed by atoms with Gasteiger partial charge < -0.3 is 5.73 Å². The van der Waals surface area contributed by atoms with E-state index < -0.39 is 5.24 Å². The zero-order valence-electron chi connectivity index (χ0n) is 6.24. The van der Waals surface area contributed by atoms with Gasteiger partial charge in [-0.3, -0.25) is 9.79 Å². The molecule has 64 valence electrons. The molecule has 0 spiro atoms. The van der Waals surface area contributed by atoms with Gasteiger partial charge in [0.1, 0.15) is 11.4 Å². The molecule has 1 aromatic heterocycles. The number of aromatic nitrogens is 1. The van der Waals surface area contributed by atoms with Crippen LogP contribution in [0.15, 0.2) is 10.4 Å². The number of anilines is 1. The predicted octanol–water partition coefficient (Wildman–Crippen LogP) is 0.910. The van der Waals surface area contributed by atoms with Crippen molar-refractivity contribution < 1.29 is 4.79 Å². The first-order valence-corrected chi connectivity index (χ1v) is 4.29. The lowest BCUT2D eigenvalue weighted by Crippen LogP contribution is -2.09. The molecule has 0 aliphatic carbocycles. The lowest BCUT2D eigenvalue weighted by Gasteiger charge is -1.92. The molecule has 1 aromatic rings. The van der Waals surface area contributed by atoms with Crippen molar-refractivity contribution in [2.45, 2.75) is 0 Å². The Labute approximate surface area is 78.1 Å². The number of nitrogen functional groups attached to an aromatic ring is 1. The Morgan fingerprint density at radius 2 is 2.50 bits per heavy atom. The molecule has 0 atom stereocenters. The maximum absolute atomic E-state index is 10.7. The van der Waals surface area contributed by atoms with Crippen LogP contribution in [0.4, 0.5) is 5.13 Å². The Kier molecular flexibility index (Phi) is 2.78. The van der Waals surface area contributed by atoms with Gasteiger partial charge in [-0.25, -0.2) is 4.98 Å². The number of nitrogens with two attached hydrogens (primary N) is 1. The summed E-state index contributed by atoms with van der Waals surface area (Å²) in [4.78, 5) is 18.3. The summed E-state index contributed by atoms with van der Waals surface area (Å²) in [6.07, 6.45) is 0. The third kappa shape index (κ3) is 1.80. The van der Waals surface area contributed by atoms with Gasteiger partial charge in [0.15, 0.2) is 5.13 Å². The number of halogens is 1. The third-order valence-electron chi connectivity index (χ3n) is 1.17. The van der Waals surface area contributed by atoms with Crippen LogP contribution in [0.5, 0.6) is 0 Å². The van der Waals surface area contributed by atoms with E-state index in [2.05, 4.69) is 9.98 Å². The molecular weight excluding hydrogens is 198 g/mol. The number of hydrogen-bond acceptors (Lipinski definition) is 5. The highest BCUT2D eigenvalue weighted by Crippen LogP contribution is 2.12. The predicted molar refractivity (Wildman–Crippen MR) is 49.8 cm³/mol. The second kappa shape index (κ2) is 3.64. The van der Waals surface area contributed by atoms with E-state index in [0.29, 0.717) is 10.8 Å². The summed E-state index contributed by atoms with van der Waals surface area (Å²) < 4.78 is 0. The highest BCUT2D eigenvalue weighted by molar-refractivity contribution is 7.13. The lowest BCUT2D eigenvalue weighted by atomic mass is 10.3. The van der Waals surface area contributed by atoms with Crippen molar-refractivity contribution in [3.63, 3.8) is 0 Å². The maximum Gasteiger partial charge on any atom is 0.272 e. The van der Waals surface area contributed by atoms with Crippen LogP contribution in [0.25, 0.3) is 0 Å². The summed E-state index contributed by atoms with van der Waals surface area (Å²) >= 11 is 6.48. The molecule has 0 aliphatic heterocycles. The van der Waals surface area contributed by atoms with Crippen molar-refractivity contribution >= 4 is 39.0 Å². The summed E-state index contributed by atoms with van der Waals surface area (Å²) in [5, 5.41) is 1.41. The molecule has 0 saturated carbocycles. The number of nitrogens with zero attached hydrogens (tertiary/aromatic N) is 2. The average Bonchev–Trinajstić information content (AvgIpc) is 2.37. The minimum absolute atomic E-state index is 0.143. The Bertz CT molecular complexity index is 333. The van der Waals surface area contributed by atoms with Crippen LogP contribution < -0.4 is 5.73 Å². The molecule has 1 heterocycles. The minimum atomic E-state index is -0.622. The average molecular weight is 204 g/mol. The van der Waals surface area contributed by atoms with Gasteiger partial charge >= 0.3 is 0 Å². The summed E-state index contributed by atoms with van der Waals surface area (Å²) in [6, 6.07) is 0. The Morgan fingerprint density at radius 1 is 1.83 bits per heavy atom. The SMILES string of the molecule is CN=C(C(=O)Cl)c1csc(N)n1. The van der Waals surface area contributed by atoms with Crippen molar-refractivity contribution in [1.82, 2.24) is 4.98 Å². The van der Waals surface area contributed by atoms with Crippen LogP contribution in [0.1, 0.15) is 5.69 Å². The largest absolute Gasteiger partial charge is 0.375 e. The standard InChI is InChI=1S/C6H6ClN3OS/c1-9-4(5(7)11)3-2-12-6(8)10-3/h2H,1H3,(H2,8,10). The fraction of sp³-hybridized carbons (Fsp3) is 0.167. The quantitative estimate of drug-likeness (QED) is 0.574. The summed E-state index contributed by atoms with van der Waals surface area (Å²) in [6.45, 7) is 0. The van der Waals surface area contributed by atoms with Gasteiger partial charge in [0, 0.05) is 12.4 Å². The monoisotopic (exact) mass is 203 g/mol. The summed E-state index contributed by atoms with van der Waals surface area (Å²) in [7, 11) is 1.48.